The first-order chi connectivity index (χ1) is 10.4. The Kier molecular flexibility index (Phi) is 4.50. The molecular formula is C16H18N2O4. The highest BCUT2D eigenvalue weighted by Gasteiger charge is 2.17. The largest absolute Gasteiger partial charge is 0.485 e. The van der Waals surface area contributed by atoms with E-state index >= 15 is 0 Å². The number of H-pyrrole nitrogens is 1. The van der Waals surface area contributed by atoms with Gasteiger partial charge in [-0.25, -0.2) is 0 Å². The lowest BCUT2D eigenvalue weighted by Gasteiger charge is -2.12. The molecule has 0 spiro atoms. The number of hydrogen-bond acceptors (Lipinski definition) is 5. The van der Waals surface area contributed by atoms with E-state index < -0.39 is 11.5 Å². The normalized spacial score (nSPS) is 10.3. The van der Waals surface area contributed by atoms with E-state index in [-0.39, 0.29) is 18.1 Å². The van der Waals surface area contributed by atoms with Crippen LogP contribution in [0.5, 0.6) is 11.5 Å². The number of carbonyl (C=O) groups excluding carboxylic acids is 1. The zero-order valence-corrected chi connectivity index (χ0v) is 12.7. The fourth-order valence-electron chi connectivity index (χ4n) is 1.94. The molecule has 6 heteroatoms. The standard InChI is InChI=1S/C16H18N2O4/c1-9(2)6-7-21-14-12-5-4-11(17)8-13(12)18-16(20)15(14)22-10(3)19/h4-6,8H,7,17H2,1-3H3,(H,18,20). The molecule has 0 amide bonds. The summed E-state index contributed by atoms with van der Waals surface area (Å²) in [4.78, 5) is 26.0. The lowest BCUT2D eigenvalue weighted by Crippen LogP contribution is -2.16. The van der Waals surface area contributed by atoms with Crippen molar-refractivity contribution in [3.8, 4) is 11.5 Å². The highest BCUT2D eigenvalue weighted by molar-refractivity contribution is 5.90. The Morgan fingerprint density at radius 3 is 2.64 bits per heavy atom. The van der Waals surface area contributed by atoms with Gasteiger partial charge >= 0.3 is 5.97 Å². The van der Waals surface area contributed by atoms with Gasteiger partial charge in [-0.3, -0.25) is 9.59 Å². The maximum Gasteiger partial charge on any atom is 0.308 e. The first-order valence-electron chi connectivity index (χ1n) is 6.78. The highest BCUT2D eigenvalue weighted by Crippen LogP contribution is 2.32. The third-order valence-electron chi connectivity index (χ3n) is 2.91. The molecule has 2 rings (SSSR count). The van der Waals surface area contributed by atoms with Crippen LogP contribution >= 0.6 is 0 Å². The van der Waals surface area contributed by atoms with E-state index in [2.05, 4.69) is 4.98 Å². The number of rotatable bonds is 4. The molecule has 0 aliphatic heterocycles. The number of aromatic nitrogens is 1. The molecule has 6 nitrogen and oxygen atoms in total. The SMILES string of the molecule is CC(=O)Oc1c(OCC=C(C)C)c2ccc(N)cc2[nH]c1=O. The maximum absolute atomic E-state index is 12.1. The number of carbonyl (C=O) groups is 1. The van der Waals surface area contributed by atoms with E-state index in [9.17, 15) is 9.59 Å². The van der Waals surface area contributed by atoms with Crippen molar-refractivity contribution in [3.05, 3.63) is 40.2 Å². The van der Waals surface area contributed by atoms with Crippen LogP contribution in [0.1, 0.15) is 20.8 Å². The number of nitrogens with one attached hydrogen (secondary N) is 1. The van der Waals surface area contributed by atoms with Crippen molar-refractivity contribution in [2.24, 2.45) is 0 Å². The smallest absolute Gasteiger partial charge is 0.308 e. The third kappa shape index (κ3) is 3.46. The summed E-state index contributed by atoms with van der Waals surface area (Å²) in [6, 6.07) is 5.03. The van der Waals surface area contributed by atoms with Crippen molar-refractivity contribution in [2.45, 2.75) is 20.8 Å². The number of anilines is 1. The first-order valence-corrected chi connectivity index (χ1v) is 6.78. The predicted octanol–water partition coefficient (Wildman–Crippen LogP) is 2.38. The highest BCUT2D eigenvalue weighted by atomic mass is 16.6. The third-order valence-corrected chi connectivity index (χ3v) is 2.91. The monoisotopic (exact) mass is 302 g/mol. The molecule has 3 N–H and O–H groups in total. The second-order valence-electron chi connectivity index (χ2n) is 5.10. The summed E-state index contributed by atoms with van der Waals surface area (Å²) in [6.45, 7) is 5.37. The van der Waals surface area contributed by atoms with Gasteiger partial charge in [-0.2, -0.15) is 0 Å². The van der Waals surface area contributed by atoms with Crippen molar-refractivity contribution in [2.75, 3.05) is 12.3 Å². The van der Waals surface area contributed by atoms with E-state index in [4.69, 9.17) is 15.2 Å². The van der Waals surface area contributed by atoms with E-state index in [1.807, 2.05) is 19.9 Å². The van der Waals surface area contributed by atoms with Gasteiger partial charge in [-0.05, 0) is 38.1 Å². The van der Waals surface area contributed by atoms with Crippen molar-refractivity contribution in [3.63, 3.8) is 0 Å². The summed E-state index contributed by atoms with van der Waals surface area (Å²) in [6.07, 6.45) is 1.86. The Morgan fingerprint density at radius 1 is 1.27 bits per heavy atom. The van der Waals surface area contributed by atoms with Gasteiger partial charge in [-0.1, -0.05) is 5.57 Å². The lowest BCUT2D eigenvalue weighted by molar-refractivity contribution is -0.132. The van der Waals surface area contributed by atoms with Crippen LogP contribution in [0, 0.1) is 0 Å². The summed E-state index contributed by atoms with van der Waals surface area (Å²) in [7, 11) is 0. The molecule has 22 heavy (non-hydrogen) atoms. The minimum absolute atomic E-state index is 0.146. The number of pyridine rings is 1. The molecule has 1 heterocycles. The maximum atomic E-state index is 12.1. The number of allylic oxidation sites excluding steroid dienone is 1. The number of aromatic amines is 1. The second-order valence-corrected chi connectivity index (χ2v) is 5.10. The van der Waals surface area contributed by atoms with Crippen molar-refractivity contribution in [1.29, 1.82) is 0 Å². The van der Waals surface area contributed by atoms with Gasteiger partial charge in [0.05, 0.1) is 5.52 Å². The minimum Gasteiger partial charge on any atom is -0.485 e. The predicted molar refractivity (Wildman–Crippen MR) is 85.2 cm³/mol. The van der Waals surface area contributed by atoms with Gasteiger partial charge < -0.3 is 20.2 Å². The number of benzene rings is 1. The zero-order chi connectivity index (χ0) is 16.3. The van der Waals surface area contributed by atoms with Gasteiger partial charge in [0.25, 0.3) is 5.56 Å². The van der Waals surface area contributed by atoms with Crippen molar-refractivity contribution < 1.29 is 14.3 Å². The molecule has 0 radical (unpaired) electrons. The fraction of sp³-hybridized carbons (Fsp3) is 0.250. The van der Waals surface area contributed by atoms with Gasteiger partial charge in [0.15, 0.2) is 5.75 Å². The van der Waals surface area contributed by atoms with E-state index in [1.165, 1.54) is 6.92 Å². The molecule has 0 atom stereocenters. The van der Waals surface area contributed by atoms with Crippen LogP contribution in [0.4, 0.5) is 5.69 Å². The Bertz CT molecular complexity index is 802. The lowest BCUT2D eigenvalue weighted by atomic mass is 10.1. The number of hydrogen-bond donors (Lipinski definition) is 2. The molecule has 1 aromatic carbocycles. The molecule has 0 bridgehead atoms. The van der Waals surface area contributed by atoms with Crippen LogP contribution in [-0.4, -0.2) is 17.6 Å². The van der Waals surface area contributed by atoms with E-state index in [0.29, 0.717) is 16.6 Å². The van der Waals surface area contributed by atoms with Crippen LogP contribution in [0.2, 0.25) is 0 Å². The summed E-state index contributed by atoms with van der Waals surface area (Å²) < 4.78 is 10.7. The summed E-state index contributed by atoms with van der Waals surface area (Å²) in [5.74, 6) is -0.509. The van der Waals surface area contributed by atoms with Gasteiger partial charge in [0, 0.05) is 18.0 Å². The number of nitrogen functional groups attached to an aromatic ring is 1. The van der Waals surface area contributed by atoms with Gasteiger partial charge in [-0.15, -0.1) is 0 Å². The molecule has 116 valence electrons. The fourth-order valence-corrected chi connectivity index (χ4v) is 1.94. The molecule has 1 aromatic heterocycles. The van der Waals surface area contributed by atoms with Crippen LogP contribution in [0.3, 0.4) is 0 Å². The number of nitrogens with two attached hydrogens (primary N) is 1. The average molecular weight is 302 g/mol. The van der Waals surface area contributed by atoms with Gasteiger partial charge in [0.1, 0.15) is 6.61 Å². The summed E-state index contributed by atoms with van der Waals surface area (Å²) in [5.41, 5.74) is 7.29. The molecular weight excluding hydrogens is 284 g/mol. The summed E-state index contributed by atoms with van der Waals surface area (Å²) in [5, 5.41) is 0.618. The zero-order valence-electron chi connectivity index (χ0n) is 12.7. The Morgan fingerprint density at radius 2 is 2.00 bits per heavy atom. The van der Waals surface area contributed by atoms with Crippen LogP contribution in [0.25, 0.3) is 10.9 Å². The second kappa shape index (κ2) is 6.34. The molecule has 2 aromatic rings. The molecule has 0 saturated carbocycles. The number of esters is 1. The molecule has 0 aliphatic carbocycles. The summed E-state index contributed by atoms with van der Waals surface area (Å²) >= 11 is 0. The first kappa shape index (κ1) is 15.6. The van der Waals surface area contributed by atoms with E-state index in [0.717, 1.165) is 5.57 Å². The van der Waals surface area contributed by atoms with Crippen molar-refractivity contribution in [1.82, 2.24) is 4.98 Å². The Hall–Kier alpha value is -2.76. The average Bonchev–Trinajstić information content (AvgIpc) is 2.41. The van der Waals surface area contributed by atoms with Crippen LogP contribution < -0.4 is 20.8 Å². The molecule has 0 fully saturated rings. The van der Waals surface area contributed by atoms with E-state index in [1.54, 1.807) is 18.2 Å². The quantitative estimate of drug-likeness (QED) is 0.513. The number of fused-ring (bicyclic) bond motifs is 1. The number of ether oxygens (including phenoxy) is 2. The molecule has 0 unspecified atom stereocenters. The minimum atomic E-state index is -0.590. The topological polar surface area (TPSA) is 94.4 Å². The Labute approximate surface area is 127 Å². The Balaban J connectivity index is 2.61. The molecule has 0 aliphatic rings. The molecule has 0 saturated heterocycles. The van der Waals surface area contributed by atoms with Crippen LogP contribution in [0.15, 0.2) is 34.6 Å². The van der Waals surface area contributed by atoms with Crippen molar-refractivity contribution >= 4 is 22.6 Å². The van der Waals surface area contributed by atoms with Gasteiger partial charge in [0.2, 0.25) is 5.75 Å². The van der Waals surface area contributed by atoms with Crippen LogP contribution in [-0.2, 0) is 4.79 Å².